The second-order valence-corrected chi connectivity index (χ2v) is 3.56. The molecule has 0 fully saturated rings. The van der Waals surface area contributed by atoms with Gasteiger partial charge < -0.3 is 5.73 Å². The molecule has 1 nitrogen and oxygen atoms in total. The minimum atomic E-state index is 0.714. The lowest BCUT2D eigenvalue weighted by Gasteiger charge is -2.13. The molecule has 0 aromatic heterocycles. The van der Waals surface area contributed by atoms with Crippen LogP contribution >= 0.6 is 0 Å². The highest BCUT2D eigenvalue weighted by atomic mass is 14.6. The van der Waals surface area contributed by atoms with Gasteiger partial charge in [-0.25, -0.2) is 0 Å². The Bertz CT molecular complexity index is 187. The number of rotatable bonds is 2. The predicted molar refractivity (Wildman–Crippen MR) is 49.0 cm³/mol. The normalized spacial score (nSPS) is 18.1. The summed E-state index contributed by atoms with van der Waals surface area (Å²) in [7, 11) is 0. The first kappa shape index (κ1) is 8.38. The summed E-state index contributed by atoms with van der Waals surface area (Å²) in [6, 6.07) is 0. The Hall–Kier alpha value is -0.720. The Morgan fingerprint density at radius 1 is 1.36 bits per heavy atom. The second kappa shape index (κ2) is 3.61. The minimum Gasteiger partial charge on any atom is -0.399 e. The van der Waals surface area contributed by atoms with Crippen molar-refractivity contribution in [3.05, 3.63) is 23.4 Å². The first-order valence-electron chi connectivity index (χ1n) is 4.35. The van der Waals surface area contributed by atoms with Gasteiger partial charge in [0.2, 0.25) is 0 Å². The zero-order valence-corrected chi connectivity index (χ0v) is 7.43. The van der Waals surface area contributed by atoms with Crippen LogP contribution in [0.5, 0.6) is 0 Å². The van der Waals surface area contributed by atoms with Gasteiger partial charge in [0.05, 0.1) is 0 Å². The Morgan fingerprint density at radius 3 is 2.55 bits per heavy atom. The van der Waals surface area contributed by atoms with E-state index < -0.39 is 0 Å². The van der Waals surface area contributed by atoms with Crippen LogP contribution in [0.25, 0.3) is 0 Å². The zero-order valence-electron chi connectivity index (χ0n) is 7.43. The van der Waals surface area contributed by atoms with Crippen LogP contribution in [0, 0.1) is 5.92 Å². The highest BCUT2D eigenvalue weighted by Crippen LogP contribution is 2.21. The van der Waals surface area contributed by atoms with Crippen LogP contribution < -0.4 is 5.73 Å². The van der Waals surface area contributed by atoms with Crippen LogP contribution in [0.1, 0.15) is 33.1 Å². The summed E-state index contributed by atoms with van der Waals surface area (Å²) in [6.07, 6.45) is 7.82. The van der Waals surface area contributed by atoms with Crippen LogP contribution in [0.3, 0.4) is 0 Å². The predicted octanol–water partition coefficient (Wildman–Crippen LogP) is 2.60. The van der Waals surface area contributed by atoms with E-state index in [4.69, 9.17) is 5.73 Å². The lowest BCUT2D eigenvalue weighted by molar-refractivity contribution is 0.640. The number of hydrogen-bond acceptors (Lipinski definition) is 1. The largest absolute Gasteiger partial charge is 0.399 e. The molecule has 0 aliphatic heterocycles. The monoisotopic (exact) mass is 151 g/mol. The summed E-state index contributed by atoms with van der Waals surface area (Å²) in [4.78, 5) is 0. The Balaban J connectivity index is 2.56. The maximum atomic E-state index is 5.82. The summed E-state index contributed by atoms with van der Waals surface area (Å²) < 4.78 is 0. The highest BCUT2D eigenvalue weighted by molar-refractivity contribution is 5.30. The van der Waals surface area contributed by atoms with E-state index in [1.165, 1.54) is 12.0 Å². The fourth-order valence-electron chi connectivity index (χ4n) is 1.39. The average molecular weight is 151 g/mol. The molecule has 0 aromatic rings. The maximum Gasteiger partial charge on any atom is 0.0303 e. The fraction of sp³-hybridized carbons (Fsp3) is 0.600. The summed E-state index contributed by atoms with van der Waals surface area (Å²) in [5, 5.41) is 0. The van der Waals surface area contributed by atoms with Crippen molar-refractivity contribution in [3.63, 3.8) is 0 Å². The molecule has 0 bridgehead atoms. The van der Waals surface area contributed by atoms with Crippen LogP contribution in [-0.4, -0.2) is 0 Å². The third kappa shape index (κ3) is 2.41. The molecule has 1 heteroatoms. The number of hydrogen-bond donors (Lipinski definition) is 1. The second-order valence-electron chi connectivity index (χ2n) is 3.56. The molecule has 0 amide bonds. The SMILES string of the molecule is CC(C)CC1=CCCC=C1N. The first-order valence-corrected chi connectivity index (χ1v) is 4.35. The molecule has 0 atom stereocenters. The third-order valence-corrected chi connectivity index (χ3v) is 1.92. The molecular formula is C10H17N. The van der Waals surface area contributed by atoms with Crippen molar-refractivity contribution < 1.29 is 0 Å². The molecule has 11 heavy (non-hydrogen) atoms. The zero-order chi connectivity index (χ0) is 8.27. The first-order chi connectivity index (χ1) is 5.20. The van der Waals surface area contributed by atoms with Crippen molar-refractivity contribution in [2.45, 2.75) is 33.1 Å². The summed E-state index contributed by atoms with van der Waals surface area (Å²) in [5.41, 5.74) is 8.18. The molecule has 0 radical (unpaired) electrons. The summed E-state index contributed by atoms with van der Waals surface area (Å²) in [5.74, 6) is 0.714. The standard InChI is InChI=1S/C10H17N/c1-8(2)7-9-5-3-4-6-10(9)11/h5-6,8H,3-4,7,11H2,1-2H3. The average Bonchev–Trinajstić information content (AvgIpc) is 1.93. The Labute approximate surface area is 69.0 Å². The van der Waals surface area contributed by atoms with E-state index in [0.717, 1.165) is 18.5 Å². The van der Waals surface area contributed by atoms with Crippen molar-refractivity contribution in [1.82, 2.24) is 0 Å². The van der Waals surface area contributed by atoms with Crippen molar-refractivity contribution in [2.24, 2.45) is 11.7 Å². The number of allylic oxidation sites excluding steroid dienone is 3. The van der Waals surface area contributed by atoms with E-state index in [1.54, 1.807) is 0 Å². The van der Waals surface area contributed by atoms with Crippen LogP contribution in [0.2, 0.25) is 0 Å². The van der Waals surface area contributed by atoms with E-state index in [2.05, 4.69) is 26.0 Å². The molecule has 0 heterocycles. The van der Waals surface area contributed by atoms with Crippen molar-refractivity contribution in [3.8, 4) is 0 Å². The lowest BCUT2D eigenvalue weighted by Crippen LogP contribution is -2.06. The van der Waals surface area contributed by atoms with Gasteiger partial charge in [-0.3, -0.25) is 0 Å². The molecule has 0 saturated carbocycles. The molecule has 62 valence electrons. The van der Waals surface area contributed by atoms with E-state index in [-0.39, 0.29) is 0 Å². The number of nitrogens with two attached hydrogens (primary N) is 1. The third-order valence-electron chi connectivity index (χ3n) is 1.92. The van der Waals surface area contributed by atoms with Gasteiger partial charge in [0, 0.05) is 5.70 Å². The molecule has 0 spiro atoms. The maximum absolute atomic E-state index is 5.82. The molecule has 2 N–H and O–H groups in total. The van der Waals surface area contributed by atoms with E-state index in [1.807, 2.05) is 0 Å². The van der Waals surface area contributed by atoms with E-state index in [9.17, 15) is 0 Å². The Kier molecular flexibility index (Phi) is 2.75. The van der Waals surface area contributed by atoms with Gasteiger partial charge in [-0.2, -0.15) is 0 Å². The highest BCUT2D eigenvalue weighted by Gasteiger charge is 2.06. The van der Waals surface area contributed by atoms with Gasteiger partial charge in [0.15, 0.2) is 0 Å². The lowest BCUT2D eigenvalue weighted by atomic mass is 9.95. The fourth-order valence-corrected chi connectivity index (χ4v) is 1.39. The van der Waals surface area contributed by atoms with Gasteiger partial charge >= 0.3 is 0 Å². The van der Waals surface area contributed by atoms with Crippen molar-refractivity contribution in [1.29, 1.82) is 0 Å². The molecule has 1 rings (SSSR count). The topological polar surface area (TPSA) is 26.0 Å². The van der Waals surface area contributed by atoms with Crippen LogP contribution in [0.15, 0.2) is 23.4 Å². The van der Waals surface area contributed by atoms with Gasteiger partial charge in [-0.1, -0.05) is 26.0 Å². The van der Waals surface area contributed by atoms with Gasteiger partial charge in [0.1, 0.15) is 0 Å². The van der Waals surface area contributed by atoms with Gasteiger partial charge in [-0.15, -0.1) is 0 Å². The van der Waals surface area contributed by atoms with Crippen molar-refractivity contribution in [2.75, 3.05) is 0 Å². The molecular weight excluding hydrogens is 134 g/mol. The molecule has 1 aliphatic rings. The molecule has 0 unspecified atom stereocenters. The quantitative estimate of drug-likeness (QED) is 0.645. The molecule has 0 saturated heterocycles. The molecule has 1 aliphatic carbocycles. The van der Waals surface area contributed by atoms with E-state index >= 15 is 0 Å². The molecule has 0 aromatic carbocycles. The van der Waals surface area contributed by atoms with E-state index in [0.29, 0.717) is 5.92 Å². The van der Waals surface area contributed by atoms with Gasteiger partial charge in [0.25, 0.3) is 0 Å². The Morgan fingerprint density at radius 2 is 2.00 bits per heavy atom. The van der Waals surface area contributed by atoms with Gasteiger partial charge in [-0.05, 0) is 30.8 Å². The minimum absolute atomic E-state index is 0.714. The summed E-state index contributed by atoms with van der Waals surface area (Å²) >= 11 is 0. The summed E-state index contributed by atoms with van der Waals surface area (Å²) in [6.45, 7) is 4.45. The van der Waals surface area contributed by atoms with Crippen LogP contribution in [-0.2, 0) is 0 Å². The smallest absolute Gasteiger partial charge is 0.0303 e. The van der Waals surface area contributed by atoms with Crippen LogP contribution in [0.4, 0.5) is 0 Å². The van der Waals surface area contributed by atoms with Crippen molar-refractivity contribution >= 4 is 0 Å².